The number of hydrogen-bond acceptors (Lipinski definition) is 4. The summed E-state index contributed by atoms with van der Waals surface area (Å²) in [6, 6.07) is 7.72. The van der Waals surface area contributed by atoms with Gasteiger partial charge in [-0.2, -0.15) is 0 Å². The molecule has 0 bridgehead atoms. The number of nitrogens with zero attached hydrogens (tertiary/aromatic N) is 1. The normalized spacial score (nSPS) is 18.9. The second-order valence-corrected chi connectivity index (χ2v) is 4.85. The molecule has 2 unspecified atom stereocenters. The minimum atomic E-state index is -0.552. The second kappa shape index (κ2) is 6.41. The Balaban J connectivity index is 2.03. The molecule has 0 radical (unpaired) electrons. The van der Waals surface area contributed by atoms with Gasteiger partial charge in [0, 0.05) is 18.0 Å². The van der Waals surface area contributed by atoms with Crippen molar-refractivity contribution in [2.24, 2.45) is 5.16 Å². The van der Waals surface area contributed by atoms with Gasteiger partial charge in [0.05, 0.1) is 12.8 Å². The van der Waals surface area contributed by atoms with Gasteiger partial charge in [-0.15, -0.1) is 0 Å². The quantitative estimate of drug-likeness (QED) is 0.896. The van der Waals surface area contributed by atoms with Crippen molar-refractivity contribution in [2.45, 2.75) is 38.8 Å². The van der Waals surface area contributed by atoms with Crippen molar-refractivity contribution < 1.29 is 14.4 Å². The predicted molar refractivity (Wildman–Crippen MR) is 76.9 cm³/mol. The van der Waals surface area contributed by atoms with Crippen molar-refractivity contribution in [3.8, 4) is 5.75 Å². The summed E-state index contributed by atoms with van der Waals surface area (Å²) in [6.45, 7) is 3.99. The highest BCUT2D eigenvalue weighted by Gasteiger charge is 2.30. The van der Waals surface area contributed by atoms with Gasteiger partial charge in [-0.05, 0) is 25.5 Å². The van der Waals surface area contributed by atoms with E-state index in [0.29, 0.717) is 6.42 Å². The number of carbonyl (C=O) groups is 1. The molecule has 0 fully saturated rings. The SMILES string of the molecule is CCC(C)NC(=O)C1CC(c2ccccc2OC)=NO1. The monoisotopic (exact) mass is 276 g/mol. The maximum Gasteiger partial charge on any atom is 0.264 e. The molecule has 0 spiro atoms. The molecule has 1 aliphatic heterocycles. The minimum absolute atomic E-state index is 0.118. The maximum atomic E-state index is 12.0. The lowest BCUT2D eigenvalue weighted by atomic mass is 10.0. The topological polar surface area (TPSA) is 59.9 Å². The molecule has 5 nitrogen and oxygen atoms in total. The molecule has 20 heavy (non-hydrogen) atoms. The summed E-state index contributed by atoms with van der Waals surface area (Å²) in [7, 11) is 1.61. The molecule has 1 aliphatic rings. The van der Waals surface area contributed by atoms with E-state index in [0.717, 1.165) is 23.4 Å². The smallest absolute Gasteiger partial charge is 0.264 e. The van der Waals surface area contributed by atoms with Gasteiger partial charge in [0.1, 0.15) is 5.75 Å². The van der Waals surface area contributed by atoms with Gasteiger partial charge in [0.15, 0.2) is 0 Å². The Bertz CT molecular complexity index is 514. The molecule has 5 heteroatoms. The van der Waals surface area contributed by atoms with Crippen LogP contribution in [-0.2, 0) is 9.63 Å². The first kappa shape index (κ1) is 14.4. The van der Waals surface area contributed by atoms with Crippen LogP contribution < -0.4 is 10.1 Å². The zero-order chi connectivity index (χ0) is 14.5. The average Bonchev–Trinajstić information content (AvgIpc) is 2.96. The zero-order valence-electron chi connectivity index (χ0n) is 12.1. The van der Waals surface area contributed by atoms with E-state index in [1.165, 1.54) is 0 Å². The number of amides is 1. The van der Waals surface area contributed by atoms with E-state index in [-0.39, 0.29) is 11.9 Å². The van der Waals surface area contributed by atoms with E-state index < -0.39 is 6.10 Å². The van der Waals surface area contributed by atoms with Crippen LogP contribution in [0.3, 0.4) is 0 Å². The molecule has 1 amide bonds. The number of benzene rings is 1. The van der Waals surface area contributed by atoms with Gasteiger partial charge in [-0.25, -0.2) is 0 Å². The molecule has 2 rings (SSSR count). The van der Waals surface area contributed by atoms with Crippen LogP contribution >= 0.6 is 0 Å². The summed E-state index contributed by atoms with van der Waals surface area (Å²) < 4.78 is 5.30. The molecular formula is C15H20N2O3. The summed E-state index contributed by atoms with van der Waals surface area (Å²) in [5.74, 6) is 0.617. The summed E-state index contributed by atoms with van der Waals surface area (Å²) >= 11 is 0. The molecule has 1 N–H and O–H groups in total. The van der Waals surface area contributed by atoms with E-state index in [4.69, 9.17) is 9.57 Å². The number of hydrogen-bond donors (Lipinski definition) is 1. The number of ether oxygens (including phenoxy) is 1. The van der Waals surface area contributed by atoms with Crippen LogP contribution in [0.5, 0.6) is 5.75 Å². The van der Waals surface area contributed by atoms with Crippen molar-refractivity contribution in [2.75, 3.05) is 7.11 Å². The standard InChI is InChI=1S/C15H20N2O3/c1-4-10(2)16-15(18)14-9-12(17-20-14)11-7-5-6-8-13(11)19-3/h5-8,10,14H,4,9H2,1-3H3,(H,16,18). The number of para-hydroxylation sites is 1. The molecule has 108 valence electrons. The third-order valence-corrected chi connectivity index (χ3v) is 3.38. The first-order chi connectivity index (χ1) is 9.65. The van der Waals surface area contributed by atoms with Gasteiger partial charge in [-0.3, -0.25) is 4.79 Å². The van der Waals surface area contributed by atoms with E-state index >= 15 is 0 Å². The van der Waals surface area contributed by atoms with Gasteiger partial charge in [0.2, 0.25) is 6.10 Å². The number of rotatable bonds is 5. The van der Waals surface area contributed by atoms with Crippen molar-refractivity contribution in [3.05, 3.63) is 29.8 Å². The molecule has 0 aromatic heterocycles. The van der Waals surface area contributed by atoms with E-state index in [1.807, 2.05) is 38.1 Å². The largest absolute Gasteiger partial charge is 0.496 e. The highest BCUT2D eigenvalue weighted by molar-refractivity contribution is 6.05. The van der Waals surface area contributed by atoms with Crippen molar-refractivity contribution >= 4 is 11.6 Å². The molecule has 2 atom stereocenters. The Morgan fingerprint density at radius 2 is 2.30 bits per heavy atom. The van der Waals surface area contributed by atoms with Crippen LogP contribution in [-0.4, -0.2) is 30.9 Å². The van der Waals surface area contributed by atoms with E-state index in [2.05, 4.69) is 10.5 Å². The Labute approximate surface area is 118 Å². The highest BCUT2D eigenvalue weighted by Crippen LogP contribution is 2.24. The van der Waals surface area contributed by atoms with Crippen LogP contribution in [0, 0.1) is 0 Å². The van der Waals surface area contributed by atoms with Crippen LogP contribution in [0.1, 0.15) is 32.3 Å². The van der Waals surface area contributed by atoms with Crippen LogP contribution in [0.15, 0.2) is 29.4 Å². The van der Waals surface area contributed by atoms with Crippen LogP contribution in [0.4, 0.5) is 0 Å². The first-order valence-corrected chi connectivity index (χ1v) is 6.82. The summed E-state index contributed by atoms with van der Waals surface area (Å²) in [5.41, 5.74) is 1.61. The Morgan fingerprint density at radius 3 is 3.00 bits per heavy atom. The van der Waals surface area contributed by atoms with Crippen molar-refractivity contribution in [3.63, 3.8) is 0 Å². The number of carbonyl (C=O) groups excluding carboxylic acids is 1. The van der Waals surface area contributed by atoms with Crippen LogP contribution in [0.2, 0.25) is 0 Å². The lowest BCUT2D eigenvalue weighted by Gasteiger charge is -2.14. The van der Waals surface area contributed by atoms with Crippen molar-refractivity contribution in [1.29, 1.82) is 0 Å². The fraction of sp³-hybridized carbons (Fsp3) is 0.467. The number of oxime groups is 1. The van der Waals surface area contributed by atoms with Gasteiger partial charge >= 0.3 is 0 Å². The molecule has 1 aromatic carbocycles. The third kappa shape index (κ3) is 3.10. The Kier molecular flexibility index (Phi) is 4.61. The fourth-order valence-electron chi connectivity index (χ4n) is 2.00. The lowest BCUT2D eigenvalue weighted by Crippen LogP contribution is -2.39. The molecule has 1 heterocycles. The van der Waals surface area contributed by atoms with Gasteiger partial charge in [0.25, 0.3) is 5.91 Å². The van der Waals surface area contributed by atoms with E-state index in [1.54, 1.807) is 7.11 Å². The van der Waals surface area contributed by atoms with Crippen molar-refractivity contribution in [1.82, 2.24) is 5.32 Å². The van der Waals surface area contributed by atoms with Gasteiger partial charge < -0.3 is 14.9 Å². The summed E-state index contributed by atoms with van der Waals surface area (Å²) in [5, 5.41) is 6.93. The predicted octanol–water partition coefficient (Wildman–Crippen LogP) is 2.10. The Morgan fingerprint density at radius 1 is 1.55 bits per heavy atom. The minimum Gasteiger partial charge on any atom is -0.496 e. The fourth-order valence-corrected chi connectivity index (χ4v) is 2.00. The molecule has 0 saturated heterocycles. The zero-order valence-corrected chi connectivity index (χ0v) is 12.1. The van der Waals surface area contributed by atoms with Crippen LogP contribution in [0.25, 0.3) is 0 Å². The first-order valence-electron chi connectivity index (χ1n) is 6.82. The van der Waals surface area contributed by atoms with Gasteiger partial charge in [-0.1, -0.05) is 24.2 Å². The molecule has 1 aromatic rings. The number of methoxy groups -OCH3 is 1. The molecular weight excluding hydrogens is 256 g/mol. The third-order valence-electron chi connectivity index (χ3n) is 3.38. The van der Waals surface area contributed by atoms with E-state index in [9.17, 15) is 4.79 Å². The summed E-state index contributed by atoms with van der Waals surface area (Å²) in [6.07, 6.45) is 0.797. The second-order valence-electron chi connectivity index (χ2n) is 4.85. The number of nitrogens with one attached hydrogen (secondary N) is 1. The summed E-state index contributed by atoms with van der Waals surface area (Å²) in [4.78, 5) is 17.3. The average molecular weight is 276 g/mol. The highest BCUT2D eigenvalue weighted by atomic mass is 16.6. The Hall–Kier alpha value is -2.04. The maximum absolute atomic E-state index is 12.0. The lowest BCUT2D eigenvalue weighted by molar-refractivity contribution is -0.131. The molecule has 0 saturated carbocycles. The molecule has 0 aliphatic carbocycles.